The number of fused-ring (bicyclic) bond motifs is 1. The maximum Gasteiger partial charge on any atom is 0.241 e. The molecule has 0 spiro atoms. The first-order valence-corrected chi connectivity index (χ1v) is 13.8. The third kappa shape index (κ3) is 5.37. The Hall–Kier alpha value is -2.65. The number of aromatic nitrogens is 2. The predicted octanol–water partition coefficient (Wildman–Crippen LogP) is 6.42. The lowest BCUT2D eigenvalue weighted by Crippen LogP contribution is -2.27. The van der Waals surface area contributed by atoms with Crippen LogP contribution in [0, 0.1) is 5.82 Å². The number of hydrogen-bond donors (Lipinski definition) is 1. The van der Waals surface area contributed by atoms with E-state index in [9.17, 15) is 12.8 Å². The average molecular weight is 549 g/mol. The summed E-state index contributed by atoms with van der Waals surface area (Å²) in [6.45, 7) is 7.49. The fraction of sp³-hybridized carbons (Fsp3) is 0.269. The Kier molecular flexibility index (Phi) is 7.90. The summed E-state index contributed by atoms with van der Waals surface area (Å²) in [6.07, 6.45) is 0. The van der Waals surface area contributed by atoms with Gasteiger partial charge in [0.15, 0.2) is 5.82 Å². The van der Waals surface area contributed by atoms with Crippen molar-refractivity contribution < 1.29 is 12.8 Å². The van der Waals surface area contributed by atoms with Crippen LogP contribution in [-0.2, 0) is 16.6 Å². The van der Waals surface area contributed by atoms with Gasteiger partial charge < -0.3 is 4.90 Å². The van der Waals surface area contributed by atoms with Gasteiger partial charge in [-0.3, -0.25) is 4.68 Å². The highest BCUT2D eigenvalue weighted by molar-refractivity contribution is 7.89. The normalized spacial score (nSPS) is 12.7. The van der Waals surface area contributed by atoms with Crippen molar-refractivity contribution in [3.63, 3.8) is 0 Å². The van der Waals surface area contributed by atoms with E-state index < -0.39 is 16.1 Å². The summed E-state index contributed by atoms with van der Waals surface area (Å²) >= 11 is 12.8. The lowest BCUT2D eigenvalue weighted by atomic mass is 10.1. The van der Waals surface area contributed by atoms with Crippen molar-refractivity contribution >= 4 is 49.9 Å². The molecular weight excluding hydrogens is 522 g/mol. The summed E-state index contributed by atoms with van der Waals surface area (Å²) in [6, 6.07) is 15.5. The van der Waals surface area contributed by atoms with E-state index in [0.717, 1.165) is 11.1 Å². The fourth-order valence-corrected chi connectivity index (χ4v) is 5.91. The molecule has 3 aromatic carbocycles. The van der Waals surface area contributed by atoms with Gasteiger partial charge >= 0.3 is 0 Å². The van der Waals surface area contributed by atoms with E-state index in [1.54, 1.807) is 60.1 Å². The molecule has 1 heterocycles. The Morgan fingerprint density at radius 1 is 1.03 bits per heavy atom. The SMILES string of the molecule is CCN(CC)c1nn(Cc2c(Cl)cccc2Cl)c2ccc(S(=O)(=O)NC(C)c3ccc(F)cc3)cc12. The first-order chi connectivity index (χ1) is 17.1. The van der Waals surface area contributed by atoms with E-state index in [-0.39, 0.29) is 10.7 Å². The Balaban J connectivity index is 1.75. The molecule has 0 radical (unpaired) electrons. The maximum absolute atomic E-state index is 13.3. The molecule has 0 aliphatic heterocycles. The number of benzene rings is 3. The van der Waals surface area contributed by atoms with Crippen LogP contribution in [0.4, 0.5) is 10.2 Å². The number of sulfonamides is 1. The molecule has 0 amide bonds. The Morgan fingerprint density at radius 2 is 1.67 bits per heavy atom. The number of rotatable bonds is 9. The van der Waals surface area contributed by atoms with Gasteiger partial charge in [0.2, 0.25) is 10.0 Å². The summed E-state index contributed by atoms with van der Waals surface area (Å²) in [5.41, 5.74) is 2.16. The molecule has 1 N–H and O–H groups in total. The van der Waals surface area contributed by atoms with Gasteiger partial charge in [-0.1, -0.05) is 41.4 Å². The van der Waals surface area contributed by atoms with Gasteiger partial charge in [-0.2, -0.15) is 5.10 Å². The highest BCUT2D eigenvalue weighted by Gasteiger charge is 2.23. The summed E-state index contributed by atoms with van der Waals surface area (Å²) < 4.78 is 44.3. The predicted molar refractivity (Wildman–Crippen MR) is 144 cm³/mol. The summed E-state index contributed by atoms with van der Waals surface area (Å²) in [5, 5.41) is 6.60. The van der Waals surface area contributed by atoms with Crippen LogP contribution >= 0.6 is 23.2 Å². The monoisotopic (exact) mass is 548 g/mol. The Morgan fingerprint density at radius 3 is 2.28 bits per heavy atom. The smallest absolute Gasteiger partial charge is 0.241 e. The zero-order chi connectivity index (χ0) is 26.0. The molecule has 6 nitrogen and oxygen atoms in total. The van der Waals surface area contributed by atoms with Crippen LogP contribution in [0.5, 0.6) is 0 Å². The molecule has 0 aliphatic carbocycles. The van der Waals surface area contributed by atoms with Crippen LogP contribution in [0.3, 0.4) is 0 Å². The van der Waals surface area contributed by atoms with Gasteiger partial charge in [0.25, 0.3) is 0 Å². The van der Waals surface area contributed by atoms with Gasteiger partial charge in [0.1, 0.15) is 5.82 Å². The van der Waals surface area contributed by atoms with Crippen LogP contribution in [0.15, 0.2) is 65.6 Å². The summed E-state index contributed by atoms with van der Waals surface area (Å²) in [5.74, 6) is 0.306. The highest BCUT2D eigenvalue weighted by atomic mass is 35.5. The van der Waals surface area contributed by atoms with Crippen molar-refractivity contribution in [2.75, 3.05) is 18.0 Å². The van der Waals surface area contributed by atoms with E-state index >= 15 is 0 Å². The van der Waals surface area contributed by atoms with E-state index in [2.05, 4.69) is 9.62 Å². The van der Waals surface area contributed by atoms with Crippen molar-refractivity contribution in [1.29, 1.82) is 0 Å². The molecule has 0 aliphatic rings. The highest BCUT2D eigenvalue weighted by Crippen LogP contribution is 2.32. The zero-order valence-corrected chi connectivity index (χ0v) is 22.5. The van der Waals surface area contributed by atoms with E-state index in [4.69, 9.17) is 28.3 Å². The Labute approximate surface area is 220 Å². The molecule has 1 atom stereocenters. The van der Waals surface area contributed by atoms with Crippen molar-refractivity contribution in [2.45, 2.75) is 38.3 Å². The number of hydrogen-bond acceptors (Lipinski definition) is 4. The minimum Gasteiger partial charge on any atom is -0.355 e. The standard InChI is InChI=1S/C26H27Cl2FN4O2S/c1-4-32(5-2)26-21-15-20(36(34,35)31-17(3)18-9-11-19(29)12-10-18)13-14-25(21)33(30-26)16-22-23(27)7-6-8-24(22)28/h6-15,17,31H,4-5,16H2,1-3H3. The second kappa shape index (κ2) is 10.8. The van der Waals surface area contributed by atoms with Crippen LogP contribution in [0.2, 0.25) is 10.0 Å². The van der Waals surface area contributed by atoms with Crippen molar-refractivity contribution in [3.8, 4) is 0 Å². The molecule has 36 heavy (non-hydrogen) atoms. The number of nitrogens with one attached hydrogen (secondary N) is 1. The number of halogens is 3. The summed E-state index contributed by atoms with van der Waals surface area (Å²) in [4.78, 5) is 2.19. The average Bonchev–Trinajstić information content (AvgIpc) is 3.20. The van der Waals surface area contributed by atoms with Gasteiger partial charge in [-0.05, 0) is 68.8 Å². The first-order valence-electron chi connectivity index (χ1n) is 11.6. The Bertz CT molecular complexity index is 1470. The first kappa shape index (κ1) is 26.4. The van der Waals surface area contributed by atoms with Crippen molar-refractivity contribution in [1.82, 2.24) is 14.5 Å². The molecule has 1 unspecified atom stereocenters. The van der Waals surface area contributed by atoms with Gasteiger partial charge in [-0.15, -0.1) is 0 Å². The van der Waals surface area contributed by atoms with E-state index in [0.29, 0.717) is 46.4 Å². The lowest BCUT2D eigenvalue weighted by molar-refractivity contribution is 0.566. The van der Waals surface area contributed by atoms with Crippen LogP contribution < -0.4 is 9.62 Å². The van der Waals surface area contributed by atoms with Gasteiger partial charge in [-0.25, -0.2) is 17.5 Å². The lowest BCUT2D eigenvalue weighted by Gasteiger charge is -2.18. The minimum atomic E-state index is -3.87. The molecule has 0 saturated carbocycles. The van der Waals surface area contributed by atoms with Gasteiger partial charge in [0, 0.05) is 40.1 Å². The minimum absolute atomic E-state index is 0.118. The maximum atomic E-state index is 13.3. The molecule has 4 rings (SSSR count). The number of nitrogens with zero attached hydrogens (tertiary/aromatic N) is 3. The quantitative estimate of drug-likeness (QED) is 0.262. The molecule has 0 fully saturated rings. The van der Waals surface area contributed by atoms with E-state index in [1.165, 1.54) is 12.1 Å². The molecule has 0 saturated heterocycles. The third-order valence-corrected chi connectivity index (χ3v) is 8.39. The molecular formula is C26H27Cl2FN4O2S. The van der Waals surface area contributed by atoms with Crippen LogP contribution in [0.1, 0.15) is 37.9 Å². The van der Waals surface area contributed by atoms with E-state index in [1.807, 2.05) is 13.8 Å². The van der Waals surface area contributed by atoms with Crippen LogP contribution in [0.25, 0.3) is 10.9 Å². The molecule has 4 aromatic rings. The molecule has 190 valence electrons. The summed E-state index contributed by atoms with van der Waals surface area (Å²) in [7, 11) is -3.87. The largest absolute Gasteiger partial charge is 0.355 e. The van der Waals surface area contributed by atoms with Crippen molar-refractivity contribution in [2.24, 2.45) is 0 Å². The van der Waals surface area contributed by atoms with Crippen molar-refractivity contribution in [3.05, 3.63) is 87.7 Å². The second-order valence-corrected chi connectivity index (χ2v) is 11.0. The molecule has 1 aromatic heterocycles. The molecule has 0 bridgehead atoms. The zero-order valence-electron chi connectivity index (χ0n) is 20.2. The molecule has 10 heteroatoms. The second-order valence-electron chi connectivity index (χ2n) is 8.43. The number of anilines is 1. The van der Waals surface area contributed by atoms with Gasteiger partial charge in [0.05, 0.1) is 17.0 Å². The third-order valence-electron chi connectivity index (χ3n) is 6.15. The topological polar surface area (TPSA) is 67.2 Å². The van der Waals surface area contributed by atoms with Crippen LogP contribution in [-0.4, -0.2) is 31.3 Å². The fourth-order valence-electron chi connectivity index (χ4n) is 4.14.